The molecule has 2 nitrogen and oxygen atoms in total. The van der Waals surface area contributed by atoms with Gasteiger partial charge in [-0.15, -0.1) is 0 Å². The van der Waals surface area contributed by atoms with Gasteiger partial charge in [0.1, 0.15) is 5.75 Å². The molecule has 0 atom stereocenters. The minimum absolute atomic E-state index is 0.0284. The lowest BCUT2D eigenvalue weighted by molar-refractivity contribution is 0.101. The van der Waals surface area contributed by atoms with E-state index in [-0.39, 0.29) is 33.7 Å². The number of ether oxygens (including phenoxy) is 1. The van der Waals surface area contributed by atoms with Gasteiger partial charge in [-0.3, -0.25) is 4.79 Å². The summed E-state index contributed by atoms with van der Waals surface area (Å²) in [5.74, 6) is -0.322. The van der Waals surface area contributed by atoms with Crippen molar-refractivity contribution >= 4 is 21.7 Å². The summed E-state index contributed by atoms with van der Waals surface area (Å²) in [6.45, 7) is 3.23. The van der Waals surface area contributed by atoms with Crippen molar-refractivity contribution in [1.82, 2.24) is 0 Å². The van der Waals surface area contributed by atoms with Gasteiger partial charge in [-0.1, -0.05) is 15.9 Å². The Morgan fingerprint density at radius 1 is 1.50 bits per heavy atom. The standard InChI is InChI=1S/C11H11BrF2O2/c1-3-16-10-7(6(2)15)4-5-8(12)9(10)11(13)14/h4-5,11H,3H2,1-2H3. The van der Waals surface area contributed by atoms with E-state index in [1.807, 2.05) is 0 Å². The average Bonchev–Trinajstić information content (AvgIpc) is 2.17. The normalized spacial score (nSPS) is 10.6. The maximum absolute atomic E-state index is 12.8. The Labute approximate surface area is 101 Å². The fourth-order valence-corrected chi connectivity index (χ4v) is 1.84. The van der Waals surface area contributed by atoms with Gasteiger partial charge in [0.25, 0.3) is 6.43 Å². The molecule has 0 N–H and O–H groups in total. The van der Waals surface area contributed by atoms with Crippen molar-refractivity contribution in [2.24, 2.45) is 0 Å². The molecule has 0 aliphatic carbocycles. The number of benzene rings is 1. The quantitative estimate of drug-likeness (QED) is 0.785. The lowest BCUT2D eigenvalue weighted by Crippen LogP contribution is -2.05. The molecule has 1 aromatic carbocycles. The summed E-state index contributed by atoms with van der Waals surface area (Å²) >= 11 is 3.03. The second kappa shape index (κ2) is 5.39. The zero-order chi connectivity index (χ0) is 12.3. The van der Waals surface area contributed by atoms with E-state index in [9.17, 15) is 13.6 Å². The van der Waals surface area contributed by atoms with Crippen LogP contribution >= 0.6 is 15.9 Å². The van der Waals surface area contributed by atoms with E-state index in [1.54, 1.807) is 6.92 Å². The van der Waals surface area contributed by atoms with E-state index < -0.39 is 6.43 Å². The second-order valence-electron chi connectivity index (χ2n) is 3.13. The van der Waals surface area contributed by atoms with Crippen LogP contribution in [0.4, 0.5) is 8.78 Å². The van der Waals surface area contributed by atoms with Crippen molar-refractivity contribution in [2.75, 3.05) is 6.61 Å². The third-order valence-electron chi connectivity index (χ3n) is 2.03. The molecule has 0 heterocycles. The smallest absolute Gasteiger partial charge is 0.268 e. The molecule has 0 bridgehead atoms. The van der Waals surface area contributed by atoms with Gasteiger partial charge < -0.3 is 4.74 Å². The molecule has 5 heteroatoms. The van der Waals surface area contributed by atoms with Crippen LogP contribution in [0.2, 0.25) is 0 Å². The molecular weight excluding hydrogens is 282 g/mol. The molecule has 0 spiro atoms. The molecule has 0 aliphatic rings. The number of hydrogen-bond acceptors (Lipinski definition) is 2. The number of carbonyl (C=O) groups excluding carboxylic acids is 1. The summed E-state index contributed by atoms with van der Waals surface area (Å²) in [6.07, 6.45) is -2.68. The van der Waals surface area contributed by atoms with Crippen LogP contribution in [0.1, 0.15) is 36.2 Å². The van der Waals surface area contributed by atoms with E-state index in [0.717, 1.165) is 0 Å². The molecule has 0 fully saturated rings. The Balaban J connectivity index is 3.43. The molecule has 0 saturated heterocycles. The van der Waals surface area contributed by atoms with Crippen LogP contribution in [0.25, 0.3) is 0 Å². The van der Waals surface area contributed by atoms with Gasteiger partial charge >= 0.3 is 0 Å². The van der Waals surface area contributed by atoms with E-state index in [2.05, 4.69) is 15.9 Å². The van der Waals surface area contributed by atoms with Crippen molar-refractivity contribution in [3.05, 3.63) is 27.7 Å². The van der Waals surface area contributed by atoms with Crippen molar-refractivity contribution < 1.29 is 18.3 Å². The van der Waals surface area contributed by atoms with Crippen molar-refractivity contribution in [3.63, 3.8) is 0 Å². The molecule has 1 aromatic rings. The summed E-state index contributed by atoms with van der Waals surface area (Å²) in [5, 5.41) is 0. The minimum atomic E-state index is -2.68. The third-order valence-corrected chi connectivity index (χ3v) is 2.72. The number of ketones is 1. The molecule has 0 saturated carbocycles. The molecular formula is C11H11BrF2O2. The number of Topliss-reactive ketones (excluding diaryl/α,β-unsaturated/α-hetero) is 1. The Morgan fingerprint density at radius 3 is 2.56 bits per heavy atom. The van der Waals surface area contributed by atoms with Crippen molar-refractivity contribution in [2.45, 2.75) is 20.3 Å². The summed E-state index contributed by atoms with van der Waals surface area (Å²) in [7, 11) is 0. The first-order chi connectivity index (χ1) is 7.49. The van der Waals surface area contributed by atoms with E-state index in [0.29, 0.717) is 0 Å². The lowest BCUT2D eigenvalue weighted by atomic mass is 10.1. The highest BCUT2D eigenvalue weighted by molar-refractivity contribution is 9.10. The number of carbonyl (C=O) groups is 1. The Kier molecular flexibility index (Phi) is 4.41. The van der Waals surface area contributed by atoms with Crippen LogP contribution in [0.5, 0.6) is 5.75 Å². The molecule has 0 radical (unpaired) electrons. The van der Waals surface area contributed by atoms with Crippen LogP contribution in [-0.2, 0) is 0 Å². The van der Waals surface area contributed by atoms with Gasteiger partial charge in [-0.05, 0) is 26.0 Å². The predicted octanol–water partition coefficient (Wildman–Crippen LogP) is 3.99. The molecule has 0 amide bonds. The fraction of sp³-hybridized carbons (Fsp3) is 0.364. The predicted molar refractivity (Wildman–Crippen MR) is 60.3 cm³/mol. The Bertz CT molecular complexity index is 405. The first-order valence-electron chi connectivity index (χ1n) is 4.73. The highest BCUT2D eigenvalue weighted by Crippen LogP contribution is 2.38. The van der Waals surface area contributed by atoms with E-state index in [4.69, 9.17) is 4.74 Å². The van der Waals surface area contributed by atoms with Crippen LogP contribution in [0.15, 0.2) is 16.6 Å². The van der Waals surface area contributed by atoms with Gasteiger partial charge in [0.15, 0.2) is 5.78 Å². The molecule has 0 unspecified atom stereocenters. The Morgan fingerprint density at radius 2 is 2.12 bits per heavy atom. The van der Waals surface area contributed by atoms with Crippen LogP contribution in [-0.4, -0.2) is 12.4 Å². The minimum Gasteiger partial charge on any atom is -0.493 e. The van der Waals surface area contributed by atoms with Gasteiger partial charge in [-0.2, -0.15) is 0 Å². The SMILES string of the molecule is CCOc1c(C(C)=O)ccc(Br)c1C(F)F. The topological polar surface area (TPSA) is 26.3 Å². The summed E-state index contributed by atoms with van der Waals surface area (Å²) in [6, 6.07) is 2.91. The second-order valence-corrected chi connectivity index (χ2v) is 3.98. The summed E-state index contributed by atoms with van der Waals surface area (Å²) < 4.78 is 31.1. The summed E-state index contributed by atoms with van der Waals surface area (Å²) in [4.78, 5) is 11.3. The molecule has 0 aliphatic heterocycles. The zero-order valence-corrected chi connectivity index (χ0v) is 10.5. The van der Waals surface area contributed by atoms with E-state index in [1.165, 1.54) is 19.1 Å². The van der Waals surface area contributed by atoms with Crippen LogP contribution < -0.4 is 4.74 Å². The van der Waals surface area contributed by atoms with Crippen LogP contribution in [0, 0.1) is 0 Å². The van der Waals surface area contributed by atoms with Crippen molar-refractivity contribution in [3.8, 4) is 5.75 Å². The van der Waals surface area contributed by atoms with Gasteiger partial charge in [0, 0.05) is 4.47 Å². The molecule has 16 heavy (non-hydrogen) atoms. The highest BCUT2D eigenvalue weighted by atomic mass is 79.9. The first kappa shape index (κ1) is 13.1. The molecule has 1 rings (SSSR count). The average molecular weight is 293 g/mol. The van der Waals surface area contributed by atoms with Crippen molar-refractivity contribution in [1.29, 1.82) is 0 Å². The lowest BCUT2D eigenvalue weighted by Gasteiger charge is -2.14. The number of halogens is 3. The number of alkyl halides is 2. The maximum atomic E-state index is 12.8. The van der Waals surface area contributed by atoms with Crippen LogP contribution in [0.3, 0.4) is 0 Å². The summed E-state index contributed by atoms with van der Waals surface area (Å²) in [5.41, 5.74) is -0.0881. The molecule has 88 valence electrons. The van der Waals surface area contributed by atoms with Gasteiger partial charge in [0.2, 0.25) is 0 Å². The molecule has 0 aromatic heterocycles. The van der Waals surface area contributed by atoms with Gasteiger partial charge in [0.05, 0.1) is 17.7 Å². The van der Waals surface area contributed by atoms with E-state index >= 15 is 0 Å². The zero-order valence-electron chi connectivity index (χ0n) is 8.89. The monoisotopic (exact) mass is 292 g/mol. The van der Waals surface area contributed by atoms with Gasteiger partial charge in [-0.25, -0.2) is 8.78 Å². The third kappa shape index (κ3) is 2.58. The largest absolute Gasteiger partial charge is 0.493 e. The highest BCUT2D eigenvalue weighted by Gasteiger charge is 2.22. The Hall–Kier alpha value is -0.970. The number of hydrogen-bond donors (Lipinski definition) is 0. The fourth-order valence-electron chi connectivity index (χ4n) is 1.36. The number of rotatable bonds is 4. The maximum Gasteiger partial charge on any atom is 0.268 e. The first-order valence-corrected chi connectivity index (χ1v) is 5.52.